The van der Waals surface area contributed by atoms with Gasteiger partial charge in [-0.1, -0.05) is 0 Å². The van der Waals surface area contributed by atoms with Gasteiger partial charge in [-0.15, -0.1) is 24.0 Å². The molecule has 0 aromatic heterocycles. The quantitative estimate of drug-likeness (QED) is 0.275. The SMILES string of the molecule is CCOC1CCN(C(=NC)NCCCC(=O)NC2CC2)CC1.I. The lowest BCUT2D eigenvalue weighted by Gasteiger charge is -2.34. The van der Waals surface area contributed by atoms with Gasteiger partial charge in [-0.3, -0.25) is 9.79 Å². The number of halogens is 1. The van der Waals surface area contributed by atoms with Gasteiger partial charge in [0.25, 0.3) is 0 Å². The van der Waals surface area contributed by atoms with Crippen LogP contribution in [0.3, 0.4) is 0 Å². The van der Waals surface area contributed by atoms with Crippen molar-refractivity contribution >= 4 is 35.8 Å². The Kier molecular flexibility index (Phi) is 9.85. The Morgan fingerprint density at radius 2 is 1.96 bits per heavy atom. The molecule has 2 fully saturated rings. The average Bonchev–Trinajstić information content (AvgIpc) is 3.33. The summed E-state index contributed by atoms with van der Waals surface area (Å²) in [7, 11) is 1.82. The molecular weight excluding hydrogens is 407 g/mol. The second kappa shape index (κ2) is 11.1. The molecule has 0 unspecified atom stereocenters. The molecule has 2 rings (SSSR count). The third-order valence-electron chi connectivity index (χ3n) is 4.16. The zero-order valence-electron chi connectivity index (χ0n) is 14.3. The summed E-state index contributed by atoms with van der Waals surface area (Å²) in [5.41, 5.74) is 0. The van der Waals surface area contributed by atoms with Crippen LogP contribution in [-0.4, -0.2) is 62.2 Å². The molecule has 1 aliphatic carbocycles. The van der Waals surface area contributed by atoms with Gasteiger partial charge in [0.2, 0.25) is 5.91 Å². The molecule has 1 saturated carbocycles. The van der Waals surface area contributed by atoms with Crippen molar-refractivity contribution in [1.29, 1.82) is 0 Å². The first kappa shape index (κ1) is 20.5. The highest BCUT2D eigenvalue weighted by Crippen LogP contribution is 2.18. The highest BCUT2D eigenvalue weighted by molar-refractivity contribution is 14.0. The Balaban J connectivity index is 0.00000264. The van der Waals surface area contributed by atoms with Gasteiger partial charge in [-0.05, 0) is 39.0 Å². The van der Waals surface area contributed by atoms with Crippen molar-refractivity contribution in [2.24, 2.45) is 4.99 Å². The van der Waals surface area contributed by atoms with E-state index in [1.807, 2.05) is 14.0 Å². The van der Waals surface area contributed by atoms with E-state index in [4.69, 9.17) is 4.74 Å². The fourth-order valence-electron chi connectivity index (χ4n) is 2.78. The van der Waals surface area contributed by atoms with Crippen LogP contribution >= 0.6 is 24.0 Å². The molecule has 1 amide bonds. The number of piperidine rings is 1. The number of nitrogens with zero attached hydrogens (tertiary/aromatic N) is 2. The number of rotatable bonds is 7. The molecule has 0 aromatic rings. The minimum absolute atomic E-state index is 0. The van der Waals surface area contributed by atoms with E-state index in [2.05, 4.69) is 20.5 Å². The Morgan fingerprint density at radius 1 is 1.26 bits per heavy atom. The van der Waals surface area contributed by atoms with Crippen LogP contribution in [0.25, 0.3) is 0 Å². The molecule has 0 atom stereocenters. The number of guanidine groups is 1. The van der Waals surface area contributed by atoms with Crippen molar-refractivity contribution in [3.63, 3.8) is 0 Å². The maximum atomic E-state index is 11.6. The summed E-state index contributed by atoms with van der Waals surface area (Å²) in [5, 5.41) is 6.38. The highest BCUT2D eigenvalue weighted by atomic mass is 127. The molecule has 1 aliphatic heterocycles. The van der Waals surface area contributed by atoms with E-state index in [0.29, 0.717) is 18.6 Å². The number of carbonyl (C=O) groups excluding carboxylic acids is 1. The summed E-state index contributed by atoms with van der Waals surface area (Å²) in [5.74, 6) is 1.12. The van der Waals surface area contributed by atoms with Crippen molar-refractivity contribution in [3.05, 3.63) is 0 Å². The average molecular weight is 438 g/mol. The van der Waals surface area contributed by atoms with Crippen LogP contribution in [0.2, 0.25) is 0 Å². The summed E-state index contributed by atoms with van der Waals surface area (Å²) in [6, 6.07) is 0.458. The van der Waals surface area contributed by atoms with Crippen LogP contribution < -0.4 is 10.6 Å². The number of amides is 1. The van der Waals surface area contributed by atoms with Crippen molar-refractivity contribution in [2.45, 2.75) is 57.6 Å². The van der Waals surface area contributed by atoms with Crippen molar-refractivity contribution in [2.75, 3.05) is 33.3 Å². The van der Waals surface area contributed by atoms with Gasteiger partial charge < -0.3 is 20.3 Å². The molecule has 1 heterocycles. The zero-order valence-corrected chi connectivity index (χ0v) is 16.7. The number of hydrogen-bond donors (Lipinski definition) is 2. The summed E-state index contributed by atoms with van der Waals surface area (Å²) in [6.45, 7) is 5.59. The monoisotopic (exact) mass is 438 g/mol. The third kappa shape index (κ3) is 7.69. The largest absolute Gasteiger partial charge is 0.378 e. The van der Waals surface area contributed by atoms with Gasteiger partial charge in [0, 0.05) is 45.8 Å². The number of ether oxygens (including phenoxy) is 1. The van der Waals surface area contributed by atoms with E-state index in [9.17, 15) is 4.79 Å². The van der Waals surface area contributed by atoms with E-state index >= 15 is 0 Å². The van der Waals surface area contributed by atoms with E-state index in [1.54, 1.807) is 0 Å². The zero-order chi connectivity index (χ0) is 15.8. The molecule has 2 N–H and O–H groups in total. The first-order valence-electron chi connectivity index (χ1n) is 8.59. The van der Waals surface area contributed by atoms with E-state index < -0.39 is 0 Å². The Bertz CT molecular complexity index is 380. The highest BCUT2D eigenvalue weighted by Gasteiger charge is 2.23. The molecule has 7 heteroatoms. The number of likely N-dealkylation sites (tertiary alicyclic amines) is 1. The summed E-state index contributed by atoms with van der Waals surface area (Å²) >= 11 is 0. The maximum Gasteiger partial charge on any atom is 0.220 e. The summed E-state index contributed by atoms with van der Waals surface area (Å²) < 4.78 is 5.67. The van der Waals surface area contributed by atoms with Crippen LogP contribution in [-0.2, 0) is 9.53 Å². The molecule has 0 aromatic carbocycles. The lowest BCUT2D eigenvalue weighted by molar-refractivity contribution is -0.121. The molecule has 23 heavy (non-hydrogen) atoms. The summed E-state index contributed by atoms with van der Waals surface area (Å²) in [6.07, 6.45) is 6.23. The second-order valence-corrected chi connectivity index (χ2v) is 6.06. The van der Waals surface area contributed by atoms with Gasteiger partial charge in [-0.25, -0.2) is 0 Å². The fourth-order valence-corrected chi connectivity index (χ4v) is 2.78. The fraction of sp³-hybridized carbons (Fsp3) is 0.875. The lowest BCUT2D eigenvalue weighted by atomic mass is 10.1. The van der Waals surface area contributed by atoms with E-state index in [-0.39, 0.29) is 29.9 Å². The van der Waals surface area contributed by atoms with Crippen molar-refractivity contribution in [1.82, 2.24) is 15.5 Å². The lowest BCUT2D eigenvalue weighted by Crippen LogP contribution is -2.47. The number of aliphatic imine (C=N–C) groups is 1. The third-order valence-corrected chi connectivity index (χ3v) is 4.16. The second-order valence-electron chi connectivity index (χ2n) is 6.06. The predicted molar refractivity (Wildman–Crippen MR) is 103 cm³/mol. The van der Waals surface area contributed by atoms with Crippen LogP contribution in [0.1, 0.15) is 45.4 Å². The Hall–Kier alpha value is -0.570. The van der Waals surface area contributed by atoms with Gasteiger partial charge in [0.15, 0.2) is 5.96 Å². The van der Waals surface area contributed by atoms with Crippen LogP contribution in [0.15, 0.2) is 4.99 Å². The molecule has 0 radical (unpaired) electrons. The molecule has 1 saturated heterocycles. The molecule has 134 valence electrons. The van der Waals surface area contributed by atoms with Gasteiger partial charge in [0.05, 0.1) is 6.10 Å². The predicted octanol–water partition coefficient (Wildman–Crippen LogP) is 1.74. The minimum Gasteiger partial charge on any atom is -0.378 e. The standard InChI is InChI=1S/C16H30N4O2.HI/c1-3-22-14-8-11-20(12-9-14)16(17-2)18-10-4-5-15(21)19-13-6-7-13;/h13-14H,3-12H2,1-2H3,(H,17,18)(H,19,21);1H. The van der Waals surface area contributed by atoms with Crippen LogP contribution in [0.4, 0.5) is 0 Å². The van der Waals surface area contributed by atoms with Gasteiger partial charge in [0.1, 0.15) is 0 Å². The molecule has 2 aliphatic rings. The maximum absolute atomic E-state index is 11.6. The summed E-state index contributed by atoms with van der Waals surface area (Å²) in [4.78, 5) is 18.2. The van der Waals surface area contributed by atoms with Crippen LogP contribution in [0, 0.1) is 0 Å². The molecule has 0 bridgehead atoms. The number of carbonyl (C=O) groups is 1. The van der Waals surface area contributed by atoms with Crippen LogP contribution in [0.5, 0.6) is 0 Å². The molecule has 6 nitrogen and oxygen atoms in total. The molecular formula is C16H31IN4O2. The number of hydrogen-bond acceptors (Lipinski definition) is 3. The first-order chi connectivity index (χ1) is 10.7. The van der Waals surface area contributed by atoms with Crippen molar-refractivity contribution < 1.29 is 9.53 Å². The normalized spacial score (nSPS) is 19.2. The Morgan fingerprint density at radius 3 is 2.52 bits per heavy atom. The van der Waals surface area contributed by atoms with E-state index in [0.717, 1.165) is 64.3 Å². The minimum atomic E-state index is 0. The van der Waals surface area contributed by atoms with Crippen molar-refractivity contribution in [3.8, 4) is 0 Å². The van der Waals surface area contributed by atoms with Gasteiger partial charge in [-0.2, -0.15) is 0 Å². The van der Waals surface area contributed by atoms with Gasteiger partial charge >= 0.3 is 0 Å². The molecule has 0 spiro atoms. The smallest absolute Gasteiger partial charge is 0.220 e. The van der Waals surface area contributed by atoms with E-state index in [1.165, 1.54) is 0 Å². The topological polar surface area (TPSA) is 66.0 Å². The number of nitrogens with one attached hydrogen (secondary N) is 2. The Labute approximate surface area is 156 Å². The first-order valence-corrected chi connectivity index (χ1v) is 8.59.